The van der Waals surface area contributed by atoms with Crippen molar-refractivity contribution in [3.8, 4) is 0 Å². The smallest absolute Gasteiger partial charge is 0.327 e. The summed E-state index contributed by atoms with van der Waals surface area (Å²) >= 11 is 7.81. The largest absolute Gasteiger partial charge is 0.480 e. The van der Waals surface area contributed by atoms with E-state index in [2.05, 4.69) is 67.8 Å². The Labute approximate surface area is 369 Å². The van der Waals surface area contributed by atoms with E-state index in [9.17, 15) is 68.4 Å². The molecule has 0 aliphatic heterocycles. The second-order valence-electron chi connectivity index (χ2n) is 14.6. The molecule has 0 aliphatic rings. The van der Waals surface area contributed by atoms with Crippen LogP contribution in [-0.4, -0.2) is 171 Å². The summed E-state index contributed by atoms with van der Waals surface area (Å²) in [5.41, 5.74) is 16.5. The highest BCUT2D eigenvalue weighted by Crippen LogP contribution is 2.08. The molecule has 0 aromatic heterocycles. The number of carboxylic acid groups (broad SMARTS) is 1. The van der Waals surface area contributed by atoms with E-state index in [-0.39, 0.29) is 43.2 Å². The van der Waals surface area contributed by atoms with E-state index < -0.39 is 139 Å². The maximum atomic E-state index is 13.5. The molecule has 0 saturated carbocycles. The minimum Gasteiger partial charge on any atom is -0.480 e. The standard InChI is InChI=1S/C35H63N11O14S2/c1-15(2)9-20(41-28(52)18(37)13-61)30(54)39-16(3)27(51)46-26(17(4)49)34(58)44-23(12-48)32(56)42-21(10-25(38)50)31(55)40-19(7-5-6-8-36)29(53)43-22(11-47)33(57)45-24(14-62)35(59)60/h15-24,26,47-49,61-62H,5-14,36-37H2,1-4H3,(H2,38,50)(H,39,54)(H,40,55)(H,41,52)(H,42,56)(H,43,53)(H,44,58)(H,45,57)(H,46,51)(H,59,60)/t16-,17+,18-,19-,20-,21-,22-,23-,24-,26-/m0/s1. The Balaban J connectivity index is 6.05. The van der Waals surface area contributed by atoms with Gasteiger partial charge in [-0.15, -0.1) is 0 Å². The maximum absolute atomic E-state index is 13.5. The number of unbranched alkanes of at least 4 members (excludes halogenated alkanes) is 1. The third-order valence-corrected chi connectivity index (χ3v) is 9.49. The lowest BCUT2D eigenvalue weighted by atomic mass is 10.0. The van der Waals surface area contributed by atoms with Crippen molar-refractivity contribution in [2.24, 2.45) is 23.1 Å². The number of carbonyl (C=O) groups is 10. The quantitative estimate of drug-likeness (QED) is 0.0235. The number of primary amides is 1. The van der Waals surface area contributed by atoms with Gasteiger partial charge >= 0.3 is 5.97 Å². The van der Waals surface area contributed by atoms with Crippen LogP contribution in [-0.2, 0) is 47.9 Å². The molecule has 62 heavy (non-hydrogen) atoms. The van der Waals surface area contributed by atoms with Crippen LogP contribution in [0.2, 0.25) is 0 Å². The van der Waals surface area contributed by atoms with Gasteiger partial charge in [0.25, 0.3) is 0 Å². The Hall–Kier alpha value is -4.80. The number of rotatable bonds is 30. The third-order valence-electron chi connectivity index (χ3n) is 8.73. The lowest BCUT2D eigenvalue weighted by molar-refractivity contribution is -0.142. The summed E-state index contributed by atoms with van der Waals surface area (Å²) in [5, 5.41) is 57.4. The highest BCUT2D eigenvalue weighted by Gasteiger charge is 2.35. The summed E-state index contributed by atoms with van der Waals surface area (Å²) in [6, 6.07) is -13.6. The number of hydrogen-bond acceptors (Lipinski definition) is 17. The van der Waals surface area contributed by atoms with Gasteiger partial charge in [0, 0.05) is 11.5 Å². The molecule has 0 radical (unpaired) electrons. The number of nitrogens with two attached hydrogens (primary N) is 3. The minimum absolute atomic E-state index is 0.00273. The number of nitrogens with one attached hydrogen (secondary N) is 8. The van der Waals surface area contributed by atoms with E-state index in [1.165, 1.54) is 6.92 Å². The fraction of sp³-hybridized carbons (Fsp3) is 0.714. The van der Waals surface area contributed by atoms with Crippen molar-refractivity contribution in [1.82, 2.24) is 42.5 Å². The first-order valence-electron chi connectivity index (χ1n) is 19.5. The number of thiol groups is 2. The average molecular weight is 926 g/mol. The first-order valence-corrected chi connectivity index (χ1v) is 20.8. The molecule has 10 atom stereocenters. The van der Waals surface area contributed by atoms with E-state index in [1.54, 1.807) is 13.8 Å². The van der Waals surface area contributed by atoms with E-state index in [4.69, 9.17) is 17.2 Å². The fourth-order valence-electron chi connectivity index (χ4n) is 5.22. The number of aliphatic carboxylic acids is 1. The first kappa shape index (κ1) is 57.2. The van der Waals surface area contributed by atoms with Crippen LogP contribution in [0.5, 0.6) is 0 Å². The summed E-state index contributed by atoms with van der Waals surface area (Å²) in [5.74, 6) is -11.2. The SMILES string of the molecule is CC(C)C[C@H](NC(=O)[C@@H](N)CS)C(=O)N[C@@H](C)C(=O)N[C@H](C(=O)N[C@@H](CO)C(=O)N[C@@H](CC(N)=O)C(=O)N[C@@H](CCCCN)C(=O)N[C@@H](CO)C(=O)N[C@@H](CS)C(=O)O)[C@@H](C)O. The highest BCUT2D eigenvalue weighted by atomic mass is 32.1. The Bertz CT molecular complexity index is 1560. The van der Waals surface area contributed by atoms with Crippen LogP contribution in [0.25, 0.3) is 0 Å². The third kappa shape index (κ3) is 20.8. The topological polar surface area (TPSA) is 426 Å². The normalized spacial score (nSPS) is 15.9. The van der Waals surface area contributed by atoms with Crippen LogP contribution in [0.15, 0.2) is 0 Å². The van der Waals surface area contributed by atoms with E-state index in [1.807, 2.05) is 0 Å². The van der Waals surface area contributed by atoms with Gasteiger partial charge in [0.1, 0.15) is 48.3 Å². The first-order chi connectivity index (χ1) is 29.0. The van der Waals surface area contributed by atoms with Crippen molar-refractivity contribution in [3.63, 3.8) is 0 Å². The number of carboxylic acids is 1. The summed E-state index contributed by atoms with van der Waals surface area (Å²) in [7, 11) is 0. The summed E-state index contributed by atoms with van der Waals surface area (Å²) in [6.07, 6.45) is -1.87. The molecular weight excluding hydrogens is 863 g/mol. The Morgan fingerprint density at radius 2 is 1.02 bits per heavy atom. The van der Waals surface area contributed by atoms with Crippen LogP contribution in [0.3, 0.4) is 0 Å². The van der Waals surface area contributed by atoms with Crippen LogP contribution in [0.1, 0.15) is 59.8 Å². The lowest BCUT2D eigenvalue weighted by Gasteiger charge is -2.27. The van der Waals surface area contributed by atoms with Crippen molar-refractivity contribution in [2.45, 2.75) is 120 Å². The van der Waals surface area contributed by atoms with Crippen molar-refractivity contribution in [3.05, 3.63) is 0 Å². The highest BCUT2D eigenvalue weighted by molar-refractivity contribution is 7.80. The minimum atomic E-state index is -1.88. The zero-order valence-electron chi connectivity index (χ0n) is 34.9. The Morgan fingerprint density at radius 1 is 0.565 bits per heavy atom. The number of aliphatic hydroxyl groups excluding tert-OH is 3. The van der Waals surface area contributed by atoms with Crippen molar-refractivity contribution >= 4 is 84.4 Å². The predicted molar refractivity (Wildman–Crippen MR) is 226 cm³/mol. The molecule has 25 nitrogen and oxygen atoms in total. The van der Waals surface area contributed by atoms with Crippen LogP contribution >= 0.6 is 25.3 Å². The average Bonchev–Trinajstić information content (AvgIpc) is 3.20. The molecule has 0 heterocycles. The molecule has 27 heteroatoms. The zero-order valence-corrected chi connectivity index (χ0v) is 36.7. The molecule has 0 saturated heterocycles. The number of aliphatic hydroxyl groups is 3. The molecular formula is C35H63N11O14S2. The zero-order chi connectivity index (χ0) is 47.9. The Morgan fingerprint density at radius 3 is 1.47 bits per heavy atom. The van der Waals surface area contributed by atoms with Gasteiger partial charge in [-0.05, 0) is 52.0 Å². The predicted octanol–water partition coefficient (Wildman–Crippen LogP) is -7.43. The molecule has 0 aromatic rings. The molecule has 0 rings (SSSR count). The molecule has 0 unspecified atom stereocenters. The summed E-state index contributed by atoms with van der Waals surface area (Å²) in [4.78, 5) is 128. The van der Waals surface area contributed by atoms with Gasteiger partial charge in [0.15, 0.2) is 0 Å². The molecule has 0 aromatic carbocycles. The summed E-state index contributed by atoms with van der Waals surface area (Å²) < 4.78 is 0. The number of hydrogen-bond donors (Lipinski definition) is 17. The van der Waals surface area contributed by atoms with Crippen LogP contribution in [0.4, 0.5) is 0 Å². The molecule has 18 N–H and O–H groups in total. The molecule has 0 aliphatic carbocycles. The maximum Gasteiger partial charge on any atom is 0.327 e. The number of carbonyl (C=O) groups excluding carboxylic acids is 9. The van der Waals surface area contributed by atoms with Gasteiger partial charge in [-0.25, -0.2) is 4.79 Å². The molecule has 0 fully saturated rings. The summed E-state index contributed by atoms with van der Waals surface area (Å²) in [6.45, 7) is 4.00. The number of amides is 9. The second kappa shape index (κ2) is 29.5. The van der Waals surface area contributed by atoms with Crippen molar-refractivity contribution in [2.75, 3.05) is 31.3 Å². The second-order valence-corrected chi connectivity index (χ2v) is 15.3. The molecule has 0 spiro atoms. The van der Waals surface area contributed by atoms with Gasteiger partial charge in [0.2, 0.25) is 53.2 Å². The van der Waals surface area contributed by atoms with E-state index in [0.29, 0.717) is 6.42 Å². The van der Waals surface area contributed by atoms with E-state index >= 15 is 0 Å². The monoisotopic (exact) mass is 925 g/mol. The molecule has 0 bridgehead atoms. The fourth-order valence-corrected chi connectivity index (χ4v) is 5.64. The molecule has 354 valence electrons. The van der Waals surface area contributed by atoms with Gasteiger partial charge in [-0.3, -0.25) is 43.2 Å². The van der Waals surface area contributed by atoms with Crippen molar-refractivity contribution in [1.29, 1.82) is 0 Å². The molecule has 9 amide bonds. The van der Waals surface area contributed by atoms with Crippen LogP contribution < -0.4 is 59.7 Å². The van der Waals surface area contributed by atoms with Gasteiger partial charge < -0.3 is 80.2 Å². The van der Waals surface area contributed by atoms with Crippen molar-refractivity contribution < 1.29 is 68.4 Å². The van der Waals surface area contributed by atoms with Gasteiger partial charge in [0.05, 0.1) is 31.8 Å². The van der Waals surface area contributed by atoms with Crippen LogP contribution in [0, 0.1) is 5.92 Å². The Kier molecular flexibility index (Phi) is 27.2. The van der Waals surface area contributed by atoms with Gasteiger partial charge in [-0.2, -0.15) is 25.3 Å². The van der Waals surface area contributed by atoms with Gasteiger partial charge in [-0.1, -0.05) is 13.8 Å². The lowest BCUT2D eigenvalue weighted by Crippen LogP contribution is -2.62. The van der Waals surface area contributed by atoms with E-state index in [0.717, 1.165) is 6.92 Å².